The maximum Gasteiger partial charge on any atom is 0.410 e. The van der Waals surface area contributed by atoms with E-state index in [0.29, 0.717) is 19.5 Å². The number of aryl methyl sites for hydroxylation is 2. The number of aromatic nitrogens is 2. The highest BCUT2D eigenvalue weighted by atomic mass is 16.6. The molecule has 1 aromatic rings. The maximum absolute atomic E-state index is 12.5. The molecule has 0 saturated carbocycles. The first-order chi connectivity index (χ1) is 11.8. The molecule has 0 aliphatic carbocycles. The summed E-state index contributed by atoms with van der Waals surface area (Å²) in [4.78, 5) is 26.5. The lowest BCUT2D eigenvalue weighted by Gasteiger charge is -2.35. The molecule has 1 aliphatic heterocycles. The zero-order chi connectivity index (χ0) is 18.4. The minimum atomic E-state index is -0.556. The van der Waals surface area contributed by atoms with Gasteiger partial charge in [0.05, 0.1) is 6.20 Å². The van der Waals surface area contributed by atoms with Crippen LogP contribution in [0.2, 0.25) is 0 Å². The fourth-order valence-corrected chi connectivity index (χ4v) is 2.97. The first-order valence-electron chi connectivity index (χ1n) is 9.01. The van der Waals surface area contributed by atoms with Gasteiger partial charge in [-0.1, -0.05) is 0 Å². The van der Waals surface area contributed by atoms with Crippen LogP contribution in [0.15, 0.2) is 12.4 Å². The molecule has 2 rings (SSSR count). The van der Waals surface area contributed by atoms with Crippen LogP contribution in [0.5, 0.6) is 0 Å². The Bertz CT molecular complexity index is 591. The minimum absolute atomic E-state index is 0.0863. The molecule has 1 unspecified atom stereocenters. The van der Waals surface area contributed by atoms with E-state index in [2.05, 4.69) is 10.4 Å². The highest BCUT2D eigenvalue weighted by molar-refractivity contribution is 5.85. The molecule has 7 nitrogen and oxygen atoms in total. The van der Waals surface area contributed by atoms with Gasteiger partial charge in [-0.25, -0.2) is 4.79 Å². The van der Waals surface area contributed by atoms with Crippen molar-refractivity contribution in [1.82, 2.24) is 20.0 Å². The monoisotopic (exact) mass is 350 g/mol. The Morgan fingerprint density at radius 1 is 1.36 bits per heavy atom. The molecular weight excluding hydrogens is 320 g/mol. The van der Waals surface area contributed by atoms with Crippen molar-refractivity contribution in [3.05, 3.63) is 18.0 Å². The Morgan fingerprint density at radius 2 is 2.12 bits per heavy atom. The van der Waals surface area contributed by atoms with Gasteiger partial charge in [-0.05, 0) is 58.4 Å². The third-order valence-corrected chi connectivity index (χ3v) is 4.13. The van der Waals surface area contributed by atoms with Crippen LogP contribution in [0.4, 0.5) is 4.79 Å². The van der Waals surface area contributed by atoms with E-state index in [1.165, 1.54) is 0 Å². The molecule has 2 amide bonds. The number of likely N-dealkylation sites (tertiary alicyclic amines) is 1. The number of ether oxygens (including phenoxy) is 1. The highest BCUT2D eigenvalue weighted by Gasteiger charge is 2.34. The highest BCUT2D eigenvalue weighted by Crippen LogP contribution is 2.20. The van der Waals surface area contributed by atoms with Crippen LogP contribution < -0.4 is 5.32 Å². The quantitative estimate of drug-likeness (QED) is 0.827. The fraction of sp³-hybridized carbons (Fsp3) is 0.722. The van der Waals surface area contributed by atoms with Crippen LogP contribution in [0.3, 0.4) is 0 Å². The zero-order valence-electron chi connectivity index (χ0n) is 15.7. The van der Waals surface area contributed by atoms with Crippen LogP contribution in [0.25, 0.3) is 0 Å². The van der Waals surface area contributed by atoms with Gasteiger partial charge in [-0.15, -0.1) is 0 Å². The molecule has 0 radical (unpaired) electrons. The summed E-state index contributed by atoms with van der Waals surface area (Å²) in [6.45, 7) is 6.67. The van der Waals surface area contributed by atoms with Gasteiger partial charge in [-0.2, -0.15) is 5.10 Å². The average Bonchev–Trinajstić information content (AvgIpc) is 2.95. The lowest BCUT2D eigenvalue weighted by atomic mass is 10.0. The number of nitrogens with zero attached hydrogens (tertiary/aromatic N) is 3. The number of nitrogens with one attached hydrogen (secondary N) is 1. The Hall–Kier alpha value is -2.05. The molecule has 1 N–H and O–H groups in total. The second-order valence-electron chi connectivity index (χ2n) is 7.60. The molecule has 0 spiro atoms. The Labute approximate surface area is 149 Å². The van der Waals surface area contributed by atoms with Gasteiger partial charge in [0, 0.05) is 26.3 Å². The molecule has 25 heavy (non-hydrogen) atoms. The van der Waals surface area contributed by atoms with Crippen LogP contribution in [-0.2, 0) is 23.0 Å². The first kappa shape index (κ1) is 19.3. The van der Waals surface area contributed by atoms with E-state index in [0.717, 1.165) is 31.2 Å². The summed E-state index contributed by atoms with van der Waals surface area (Å²) in [6.07, 6.45) is 7.68. The van der Waals surface area contributed by atoms with E-state index in [1.807, 2.05) is 40.2 Å². The molecule has 140 valence electrons. The molecular formula is C18H30N4O3. The molecule has 7 heteroatoms. The molecule has 1 saturated heterocycles. The second kappa shape index (κ2) is 8.36. The summed E-state index contributed by atoms with van der Waals surface area (Å²) in [5.41, 5.74) is 0.601. The predicted octanol–water partition coefficient (Wildman–Crippen LogP) is 2.26. The van der Waals surface area contributed by atoms with E-state index in [9.17, 15) is 9.59 Å². The molecule has 1 aliphatic rings. The van der Waals surface area contributed by atoms with Crippen molar-refractivity contribution >= 4 is 12.0 Å². The average molecular weight is 350 g/mol. The van der Waals surface area contributed by atoms with Crippen molar-refractivity contribution in [1.29, 1.82) is 0 Å². The maximum atomic E-state index is 12.5. The number of hydrogen-bond donors (Lipinski definition) is 1. The van der Waals surface area contributed by atoms with Crippen molar-refractivity contribution in [3.63, 3.8) is 0 Å². The predicted molar refractivity (Wildman–Crippen MR) is 95.1 cm³/mol. The third kappa shape index (κ3) is 6.07. The summed E-state index contributed by atoms with van der Waals surface area (Å²) in [5.74, 6) is -0.0863. The number of hydrogen-bond acceptors (Lipinski definition) is 4. The van der Waals surface area contributed by atoms with E-state index in [-0.39, 0.29) is 5.91 Å². The number of amides is 2. The second-order valence-corrected chi connectivity index (χ2v) is 7.60. The summed E-state index contributed by atoms with van der Waals surface area (Å²) < 4.78 is 7.21. The Kier molecular flexibility index (Phi) is 6.45. The molecule has 1 aromatic heterocycles. The largest absolute Gasteiger partial charge is 0.444 e. The number of carbonyl (C=O) groups excluding carboxylic acids is 2. The van der Waals surface area contributed by atoms with Gasteiger partial charge in [0.25, 0.3) is 0 Å². The van der Waals surface area contributed by atoms with E-state index >= 15 is 0 Å². The summed E-state index contributed by atoms with van der Waals surface area (Å²) in [5, 5.41) is 7.10. The summed E-state index contributed by atoms with van der Waals surface area (Å²) >= 11 is 0. The smallest absolute Gasteiger partial charge is 0.410 e. The van der Waals surface area contributed by atoms with Gasteiger partial charge in [-0.3, -0.25) is 14.4 Å². The van der Waals surface area contributed by atoms with Gasteiger partial charge < -0.3 is 10.1 Å². The molecule has 0 bridgehead atoms. The fourth-order valence-electron chi connectivity index (χ4n) is 2.97. The van der Waals surface area contributed by atoms with Crippen LogP contribution >= 0.6 is 0 Å². The van der Waals surface area contributed by atoms with Crippen molar-refractivity contribution in [3.8, 4) is 0 Å². The summed E-state index contributed by atoms with van der Waals surface area (Å²) in [7, 11) is 1.89. The van der Waals surface area contributed by atoms with Crippen molar-refractivity contribution in [2.24, 2.45) is 7.05 Å². The van der Waals surface area contributed by atoms with Gasteiger partial charge in [0.1, 0.15) is 11.6 Å². The third-order valence-electron chi connectivity index (χ3n) is 4.13. The SMILES string of the molecule is Cn1cc(CCCNC(=O)C2CCCCN2C(=O)OC(C)(C)C)cn1. The number of piperidine rings is 1. The normalized spacial score (nSPS) is 18.1. The van der Waals surface area contributed by atoms with E-state index < -0.39 is 17.7 Å². The van der Waals surface area contributed by atoms with Crippen molar-refractivity contribution < 1.29 is 14.3 Å². The van der Waals surface area contributed by atoms with E-state index in [1.54, 1.807) is 9.58 Å². The Morgan fingerprint density at radius 3 is 2.76 bits per heavy atom. The topological polar surface area (TPSA) is 76.5 Å². The molecule has 1 atom stereocenters. The Balaban J connectivity index is 1.81. The van der Waals surface area contributed by atoms with Crippen LogP contribution in [-0.4, -0.2) is 51.4 Å². The number of rotatable bonds is 5. The lowest BCUT2D eigenvalue weighted by molar-refractivity contribution is -0.127. The van der Waals surface area contributed by atoms with Crippen molar-refractivity contribution in [2.75, 3.05) is 13.1 Å². The standard InChI is InChI=1S/C18H30N4O3/c1-18(2,3)25-17(24)22-11-6-5-9-15(22)16(23)19-10-7-8-14-12-20-21(4)13-14/h12-13,15H,5-11H2,1-4H3,(H,19,23). The molecule has 1 fully saturated rings. The van der Waals surface area contributed by atoms with Gasteiger partial charge >= 0.3 is 6.09 Å². The van der Waals surface area contributed by atoms with Crippen LogP contribution in [0, 0.1) is 0 Å². The lowest BCUT2D eigenvalue weighted by Crippen LogP contribution is -2.53. The summed E-state index contributed by atoms with van der Waals surface area (Å²) in [6, 6.07) is -0.429. The van der Waals surface area contributed by atoms with Crippen molar-refractivity contribution in [2.45, 2.75) is 64.5 Å². The first-order valence-corrected chi connectivity index (χ1v) is 9.01. The zero-order valence-corrected chi connectivity index (χ0v) is 15.7. The van der Waals surface area contributed by atoms with Gasteiger partial charge in [0.15, 0.2) is 0 Å². The minimum Gasteiger partial charge on any atom is -0.444 e. The number of carbonyl (C=O) groups is 2. The van der Waals surface area contributed by atoms with Crippen LogP contribution in [0.1, 0.15) is 52.0 Å². The molecule has 2 heterocycles. The molecule has 0 aromatic carbocycles. The van der Waals surface area contributed by atoms with Gasteiger partial charge in [0.2, 0.25) is 5.91 Å². The van der Waals surface area contributed by atoms with E-state index in [4.69, 9.17) is 4.74 Å².